The number of carbonyl (C=O) groups is 1. The number of hydrogen-bond acceptors (Lipinski definition) is 2. The molecule has 0 amide bonds. The van der Waals surface area contributed by atoms with Crippen LogP contribution in [0.25, 0.3) is 0 Å². The molecule has 0 aliphatic heterocycles. The van der Waals surface area contributed by atoms with Crippen molar-refractivity contribution in [1.82, 2.24) is 0 Å². The first-order valence-corrected chi connectivity index (χ1v) is 5.16. The first-order chi connectivity index (χ1) is 7.58. The molecule has 2 nitrogen and oxygen atoms in total. The molecule has 0 fully saturated rings. The fourth-order valence-electron chi connectivity index (χ4n) is 0.957. The summed E-state index contributed by atoms with van der Waals surface area (Å²) in [4.78, 5) is 10.9. The highest BCUT2D eigenvalue weighted by atomic mass is 19.3. The Kier molecular flexibility index (Phi) is 5.64. The summed E-state index contributed by atoms with van der Waals surface area (Å²) in [5.74, 6) is -8.66. The van der Waals surface area contributed by atoms with Crippen LogP contribution in [-0.4, -0.2) is 24.4 Å². The summed E-state index contributed by atoms with van der Waals surface area (Å²) < 4.78 is 55.0. The van der Waals surface area contributed by atoms with E-state index in [1.165, 1.54) is 6.92 Å². The monoisotopic (exact) mass is 256 g/mol. The Balaban J connectivity index is 3.80. The summed E-state index contributed by atoms with van der Waals surface area (Å²) >= 11 is 0. The highest BCUT2D eigenvalue weighted by molar-refractivity contribution is 5.86. The van der Waals surface area contributed by atoms with Gasteiger partial charge < -0.3 is 4.74 Å². The Labute approximate surface area is 97.6 Å². The molecule has 0 aliphatic carbocycles. The smallest absolute Gasteiger partial charge is 0.333 e. The lowest BCUT2D eigenvalue weighted by molar-refractivity contribution is -0.201. The van der Waals surface area contributed by atoms with Gasteiger partial charge in [-0.2, -0.15) is 8.78 Å². The Hall–Kier alpha value is -1.07. The predicted octanol–water partition coefficient (Wildman–Crippen LogP) is 3.57. The highest BCUT2D eigenvalue weighted by Crippen LogP contribution is 2.37. The van der Waals surface area contributed by atoms with Crippen molar-refractivity contribution < 1.29 is 27.1 Å². The number of alkyl halides is 4. The van der Waals surface area contributed by atoms with Crippen LogP contribution in [0, 0.1) is 0 Å². The average molecular weight is 256 g/mol. The van der Waals surface area contributed by atoms with Gasteiger partial charge >= 0.3 is 17.8 Å². The summed E-state index contributed by atoms with van der Waals surface area (Å²) in [6, 6.07) is 0. The Bertz CT molecular complexity index is 282. The van der Waals surface area contributed by atoms with Crippen LogP contribution in [0.3, 0.4) is 0 Å². The van der Waals surface area contributed by atoms with Gasteiger partial charge in [-0.15, -0.1) is 0 Å². The molecule has 0 spiro atoms. The SMILES string of the molecule is C=C(C)C(=O)OCCCCC(F)(F)C(C)(F)F. The molecule has 0 radical (unpaired) electrons. The van der Waals surface area contributed by atoms with Crippen LogP contribution < -0.4 is 0 Å². The van der Waals surface area contributed by atoms with Gasteiger partial charge in [0.15, 0.2) is 0 Å². The molecule has 0 unspecified atom stereocenters. The van der Waals surface area contributed by atoms with Crippen LogP contribution in [0.15, 0.2) is 12.2 Å². The van der Waals surface area contributed by atoms with Gasteiger partial charge in [-0.05, 0) is 19.8 Å². The van der Waals surface area contributed by atoms with Gasteiger partial charge in [-0.3, -0.25) is 0 Å². The topological polar surface area (TPSA) is 26.3 Å². The third-order valence-corrected chi connectivity index (χ3v) is 2.11. The molecule has 0 saturated heterocycles. The van der Waals surface area contributed by atoms with E-state index in [1.54, 1.807) is 0 Å². The van der Waals surface area contributed by atoms with Gasteiger partial charge in [-0.1, -0.05) is 6.58 Å². The molecule has 0 atom stereocenters. The zero-order valence-electron chi connectivity index (χ0n) is 9.86. The normalized spacial score (nSPS) is 12.4. The molecule has 0 N–H and O–H groups in total. The fraction of sp³-hybridized carbons (Fsp3) is 0.727. The van der Waals surface area contributed by atoms with Crippen LogP contribution >= 0.6 is 0 Å². The maximum absolute atomic E-state index is 12.8. The second-order valence-electron chi connectivity index (χ2n) is 3.97. The van der Waals surface area contributed by atoms with Crippen molar-refractivity contribution >= 4 is 5.97 Å². The maximum Gasteiger partial charge on any atom is 0.333 e. The van der Waals surface area contributed by atoms with E-state index in [9.17, 15) is 22.4 Å². The molecular formula is C11H16F4O2. The summed E-state index contributed by atoms with van der Waals surface area (Å²) in [6.45, 7) is 4.90. The molecular weight excluding hydrogens is 240 g/mol. The third kappa shape index (κ3) is 5.70. The molecule has 0 bridgehead atoms. The quantitative estimate of drug-likeness (QED) is 0.301. The van der Waals surface area contributed by atoms with Gasteiger partial charge in [0.25, 0.3) is 0 Å². The molecule has 6 heteroatoms. The lowest BCUT2D eigenvalue weighted by Crippen LogP contribution is -2.37. The Morgan fingerprint density at radius 2 is 1.76 bits per heavy atom. The van der Waals surface area contributed by atoms with Crippen molar-refractivity contribution in [3.8, 4) is 0 Å². The first kappa shape index (κ1) is 15.9. The van der Waals surface area contributed by atoms with Crippen LogP contribution in [0.1, 0.15) is 33.1 Å². The summed E-state index contributed by atoms with van der Waals surface area (Å²) in [6.07, 6.45) is -0.953. The number of rotatable bonds is 7. The standard InChI is InChI=1S/C11H16F4O2/c1-8(2)9(16)17-7-5-4-6-11(14,15)10(3,12)13/h1,4-7H2,2-3H3. The van der Waals surface area contributed by atoms with E-state index in [-0.39, 0.29) is 31.9 Å². The molecule has 0 aromatic carbocycles. The van der Waals surface area contributed by atoms with Crippen LogP contribution in [0.5, 0.6) is 0 Å². The zero-order valence-corrected chi connectivity index (χ0v) is 9.86. The van der Waals surface area contributed by atoms with E-state index in [0.717, 1.165) is 0 Å². The summed E-state index contributed by atoms with van der Waals surface area (Å²) in [7, 11) is 0. The molecule has 17 heavy (non-hydrogen) atoms. The van der Waals surface area contributed by atoms with E-state index in [4.69, 9.17) is 0 Å². The van der Waals surface area contributed by atoms with Crippen LogP contribution in [0.4, 0.5) is 17.6 Å². The van der Waals surface area contributed by atoms with E-state index in [1.807, 2.05) is 0 Å². The molecule has 0 aliphatic rings. The van der Waals surface area contributed by atoms with Crippen LogP contribution in [0.2, 0.25) is 0 Å². The molecule has 0 heterocycles. The van der Waals surface area contributed by atoms with E-state index in [2.05, 4.69) is 11.3 Å². The van der Waals surface area contributed by atoms with Gasteiger partial charge in [0.05, 0.1) is 6.61 Å². The number of hydrogen-bond donors (Lipinski definition) is 0. The molecule has 0 saturated carbocycles. The van der Waals surface area contributed by atoms with Gasteiger partial charge in [0, 0.05) is 18.9 Å². The number of esters is 1. The molecule has 0 aromatic rings. The van der Waals surface area contributed by atoms with Gasteiger partial charge in [0.2, 0.25) is 0 Å². The Morgan fingerprint density at radius 3 is 2.18 bits per heavy atom. The highest BCUT2D eigenvalue weighted by Gasteiger charge is 2.51. The second kappa shape index (κ2) is 6.02. The number of unbranched alkanes of at least 4 members (excludes halogenated alkanes) is 1. The predicted molar refractivity (Wildman–Crippen MR) is 55.2 cm³/mol. The van der Waals surface area contributed by atoms with Crippen molar-refractivity contribution in [1.29, 1.82) is 0 Å². The summed E-state index contributed by atoms with van der Waals surface area (Å²) in [5.41, 5.74) is 0.204. The minimum atomic E-state index is -4.03. The van der Waals surface area contributed by atoms with Crippen molar-refractivity contribution in [3.63, 3.8) is 0 Å². The number of halogens is 4. The largest absolute Gasteiger partial charge is 0.462 e. The summed E-state index contributed by atoms with van der Waals surface area (Å²) in [5, 5.41) is 0. The van der Waals surface area contributed by atoms with Gasteiger partial charge in [-0.25, -0.2) is 13.6 Å². The fourth-order valence-corrected chi connectivity index (χ4v) is 0.957. The first-order valence-electron chi connectivity index (χ1n) is 5.16. The zero-order chi connectivity index (χ0) is 13.7. The van der Waals surface area contributed by atoms with Gasteiger partial charge in [0.1, 0.15) is 0 Å². The lowest BCUT2D eigenvalue weighted by Gasteiger charge is -2.22. The molecule has 0 rings (SSSR count). The van der Waals surface area contributed by atoms with Crippen LogP contribution in [-0.2, 0) is 9.53 Å². The minimum Gasteiger partial charge on any atom is -0.462 e. The van der Waals surface area contributed by atoms with Crippen molar-refractivity contribution in [2.45, 2.75) is 45.0 Å². The molecule has 0 aromatic heterocycles. The van der Waals surface area contributed by atoms with Crippen molar-refractivity contribution in [2.75, 3.05) is 6.61 Å². The van der Waals surface area contributed by atoms with Crippen molar-refractivity contribution in [3.05, 3.63) is 12.2 Å². The Morgan fingerprint density at radius 1 is 1.24 bits per heavy atom. The second-order valence-corrected chi connectivity index (χ2v) is 3.97. The minimum absolute atomic E-state index is 0.0724. The third-order valence-electron chi connectivity index (χ3n) is 2.11. The lowest BCUT2D eigenvalue weighted by atomic mass is 10.1. The van der Waals surface area contributed by atoms with Crippen molar-refractivity contribution in [2.24, 2.45) is 0 Å². The van der Waals surface area contributed by atoms with E-state index >= 15 is 0 Å². The molecule has 100 valence electrons. The van der Waals surface area contributed by atoms with E-state index in [0.29, 0.717) is 0 Å². The average Bonchev–Trinajstić information content (AvgIpc) is 2.14. The maximum atomic E-state index is 12.8. The number of ether oxygens (including phenoxy) is 1. The van der Waals surface area contributed by atoms with E-state index < -0.39 is 24.2 Å². The number of carbonyl (C=O) groups excluding carboxylic acids is 1.